The normalized spacial score (nSPS) is 10.4. The van der Waals surface area contributed by atoms with E-state index in [4.69, 9.17) is 5.11 Å². The summed E-state index contributed by atoms with van der Waals surface area (Å²) in [6.45, 7) is 2.20. The lowest BCUT2D eigenvalue weighted by atomic mass is 10.1. The van der Waals surface area contributed by atoms with Crippen molar-refractivity contribution in [2.45, 2.75) is 13.5 Å². The van der Waals surface area contributed by atoms with Crippen LogP contribution >= 0.6 is 0 Å². The molecule has 1 heterocycles. The van der Waals surface area contributed by atoms with Crippen LogP contribution in [0.5, 0.6) is 0 Å². The van der Waals surface area contributed by atoms with Crippen molar-refractivity contribution < 1.29 is 14.3 Å². The lowest BCUT2D eigenvalue weighted by Crippen LogP contribution is -2.23. The Kier molecular flexibility index (Phi) is 3.41. The number of carbonyl (C=O) groups is 1. The summed E-state index contributed by atoms with van der Waals surface area (Å²) in [5.41, 5.74) is -0.569. The van der Waals surface area contributed by atoms with E-state index in [1.807, 2.05) is 0 Å². The molecule has 0 saturated heterocycles. The summed E-state index contributed by atoms with van der Waals surface area (Å²) in [4.78, 5) is 23.0. The average Bonchev–Trinajstić information content (AvgIpc) is 2.40. The van der Waals surface area contributed by atoms with E-state index in [0.29, 0.717) is 12.1 Å². The summed E-state index contributed by atoms with van der Waals surface area (Å²) in [5, 5.41) is 12.7. The highest BCUT2D eigenvalue weighted by molar-refractivity contribution is 5.86. The van der Waals surface area contributed by atoms with Crippen LogP contribution in [0, 0.1) is 5.82 Å². The maximum atomic E-state index is 12.9. The predicted octanol–water partition coefficient (Wildman–Crippen LogP) is 1.77. The highest BCUT2D eigenvalue weighted by atomic mass is 19.1. The van der Waals surface area contributed by atoms with Crippen LogP contribution in [0.25, 0.3) is 11.1 Å². The van der Waals surface area contributed by atoms with Crippen LogP contribution in [0.1, 0.15) is 17.4 Å². The number of aryl methyl sites for hydroxylation is 1. The van der Waals surface area contributed by atoms with Gasteiger partial charge in [-0.15, -0.1) is 0 Å². The Bertz CT molecular complexity index is 677. The minimum absolute atomic E-state index is 0.189. The molecule has 0 unspecified atom stereocenters. The molecule has 1 N–H and O–H groups in total. The smallest absolute Gasteiger partial charge is 0.360 e. The van der Waals surface area contributed by atoms with Gasteiger partial charge in [-0.25, -0.2) is 9.18 Å². The molecule has 0 aliphatic carbocycles. The van der Waals surface area contributed by atoms with Crippen molar-refractivity contribution in [3.63, 3.8) is 0 Å². The first kappa shape index (κ1) is 12.9. The van der Waals surface area contributed by atoms with Crippen LogP contribution in [-0.4, -0.2) is 20.9 Å². The number of hydrogen-bond acceptors (Lipinski definition) is 3. The third-order valence-electron chi connectivity index (χ3n) is 2.65. The minimum Gasteiger partial charge on any atom is -0.476 e. The number of nitrogens with zero attached hydrogens (tertiary/aromatic N) is 2. The molecule has 5 nitrogen and oxygen atoms in total. The summed E-state index contributed by atoms with van der Waals surface area (Å²) in [6, 6.07) is 5.28. The van der Waals surface area contributed by atoms with Crippen molar-refractivity contribution in [2.75, 3.05) is 0 Å². The van der Waals surface area contributed by atoms with Crippen molar-refractivity contribution >= 4 is 5.97 Å². The van der Waals surface area contributed by atoms with Gasteiger partial charge in [0, 0.05) is 18.3 Å². The molecule has 0 aliphatic rings. The molecule has 1 aromatic carbocycles. The molecule has 0 aliphatic heterocycles. The van der Waals surface area contributed by atoms with Gasteiger partial charge in [-0.1, -0.05) is 12.1 Å². The maximum Gasteiger partial charge on any atom is 0.360 e. The SMILES string of the molecule is CCn1cc(-c2ccc(F)cc2)c(=O)c(C(=O)O)n1. The molecule has 6 heteroatoms. The van der Waals surface area contributed by atoms with Crippen LogP contribution in [0.3, 0.4) is 0 Å². The first-order valence-electron chi connectivity index (χ1n) is 5.64. The van der Waals surface area contributed by atoms with Gasteiger partial charge in [0.2, 0.25) is 11.1 Å². The van der Waals surface area contributed by atoms with Gasteiger partial charge in [0.1, 0.15) is 5.82 Å². The Balaban J connectivity index is 2.68. The largest absolute Gasteiger partial charge is 0.476 e. The fraction of sp³-hybridized carbons (Fsp3) is 0.154. The van der Waals surface area contributed by atoms with Crippen molar-refractivity contribution in [3.05, 3.63) is 52.2 Å². The Labute approximate surface area is 107 Å². The summed E-state index contributed by atoms with van der Waals surface area (Å²) >= 11 is 0. The molecule has 98 valence electrons. The molecule has 1 aromatic heterocycles. The molecule has 0 spiro atoms. The lowest BCUT2D eigenvalue weighted by Gasteiger charge is -2.07. The number of hydrogen-bond donors (Lipinski definition) is 1. The molecule has 0 atom stereocenters. The monoisotopic (exact) mass is 262 g/mol. The van der Waals surface area contributed by atoms with Gasteiger partial charge in [-0.3, -0.25) is 9.48 Å². The molecule has 0 saturated carbocycles. The molecular weight excluding hydrogens is 251 g/mol. The van der Waals surface area contributed by atoms with E-state index < -0.39 is 22.9 Å². The zero-order chi connectivity index (χ0) is 14.0. The summed E-state index contributed by atoms with van der Waals surface area (Å²) < 4.78 is 14.2. The summed E-state index contributed by atoms with van der Waals surface area (Å²) in [6.07, 6.45) is 1.46. The molecule has 2 rings (SSSR count). The van der Waals surface area contributed by atoms with E-state index in [2.05, 4.69) is 5.10 Å². The molecular formula is C13H11FN2O3. The molecule has 0 radical (unpaired) electrons. The Morgan fingerprint density at radius 1 is 1.37 bits per heavy atom. The minimum atomic E-state index is -1.38. The second kappa shape index (κ2) is 5.01. The van der Waals surface area contributed by atoms with E-state index in [1.54, 1.807) is 6.92 Å². The van der Waals surface area contributed by atoms with E-state index in [9.17, 15) is 14.0 Å². The van der Waals surface area contributed by atoms with E-state index in [-0.39, 0.29) is 5.56 Å². The molecule has 2 aromatic rings. The van der Waals surface area contributed by atoms with Gasteiger partial charge < -0.3 is 5.11 Å². The third kappa shape index (κ3) is 2.52. The van der Waals surface area contributed by atoms with Crippen LogP contribution < -0.4 is 5.43 Å². The molecule has 0 fully saturated rings. The average molecular weight is 262 g/mol. The second-order valence-electron chi connectivity index (χ2n) is 3.89. The number of benzene rings is 1. The van der Waals surface area contributed by atoms with Gasteiger partial charge in [0.15, 0.2) is 0 Å². The molecule has 0 amide bonds. The Morgan fingerprint density at radius 3 is 2.53 bits per heavy atom. The Hall–Kier alpha value is -2.50. The maximum absolute atomic E-state index is 12.9. The zero-order valence-electron chi connectivity index (χ0n) is 10.1. The van der Waals surface area contributed by atoms with E-state index in [1.165, 1.54) is 35.1 Å². The van der Waals surface area contributed by atoms with Crippen molar-refractivity contribution in [2.24, 2.45) is 0 Å². The van der Waals surface area contributed by atoms with Crippen molar-refractivity contribution in [3.8, 4) is 11.1 Å². The van der Waals surface area contributed by atoms with Crippen molar-refractivity contribution in [1.82, 2.24) is 9.78 Å². The van der Waals surface area contributed by atoms with Crippen LogP contribution in [0.4, 0.5) is 4.39 Å². The predicted molar refractivity (Wildman–Crippen MR) is 66.5 cm³/mol. The lowest BCUT2D eigenvalue weighted by molar-refractivity contribution is 0.0686. The van der Waals surface area contributed by atoms with Gasteiger partial charge in [-0.05, 0) is 24.6 Å². The quantitative estimate of drug-likeness (QED) is 0.914. The number of aromatic carboxylic acids is 1. The topological polar surface area (TPSA) is 72.2 Å². The number of carboxylic acid groups (broad SMARTS) is 1. The highest BCUT2D eigenvalue weighted by Crippen LogP contribution is 2.15. The van der Waals surface area contributed by atoms with Gasteiger partial charge in [0.05, 0.1) is 0 Å². The van der Waals surface area contributed by atoms with Gasteiger partial charge >= 0.3 is 5.97 Å². The number of halogens is 1. The standard InChI is InChI=1S/C13H11FN2O3/c1-2-16-7-10(8-3-5-9(14)6-4-8)12(17)11(15-16)13(18)19/h3-7H,2H2,1H3,(H,18,19). The van der Waals surface area contributed by atoms with Crippen molar-refractivity contribution in [1.29, 1.82) is 0 Å². The molecule has 0 bridgehead atoms. The first-order chi connectivity index (χ1) is 9.02. The number of rotatable bonds is 3. The third-order valence-corrected chi connectivity index (χ3v) is 2.65. The zero-order valence-corrected chi connectivity index (χ0v) is 10.1. The van der Waals surface area contributed by atoms with E-state index >= 15 is 0 Å². The highest BCUT2D eigenvalue weighted by Gasteiger charge is 2.16. The fourth-order valence-corrected chi connectivity index (χ4v) is 1.67. The van der Waals surface area contributed by atoms with Crippen LogP contribution in [0.15, 0.2) is 35.3 Å². The van der Waals surface area contributed by atoms with Crippen LogP contribution in [-0.2, 0) is 6.54 Å². The second-order valence-corrected chi connectivity index (χ2v) is 3.89. The molecule has 19 heavy (non-hydrogen) atoms. The van der Waals surface area contributed by atoms with Gasteiger partial charge in [0.25, 0.3) is 0 Å². The first-order valence-corrected chi connectivity index (χ1v) is 5.64. The number of carboxylic acids is 1. The number of aromatic nitrogens is 2. The summed E-state index contributed by atoms with van der Waals surface area (Å²) in [5.74, 6) is -1.80. The van der Waals surface area contributed by atoms with Gasteiger partial charge in [-0.2, -0.15) is 5.10 Å². The van der Waals surface area contributed by atoms with E-state index in [0.717, 1.165) is 0 Å². The summed E-state index contributed by atoms with van der Waals surface area (Å²) in [7, 11) is 0. The fourth-order valence-electron chi connectivity index (χ4n) is 1.67. The van der Waals surface area contributed by atoms with Crippen LogP contribution in [0.2, 0.25) is 0 Å². The Morgan fingerprint density at radius 2 is 2.00 bits per heavy atom.